The largest absolute Gasteiger partial charge is 0.449 e. The van der Waals surface area contributed by atoms with Crippen molar-refractivity contribution in [3.63, 3.8) is 0 Å². The number of nitro groups is 1. The Morgan fingerprint density at radius 1 is 1.29 bits per heavy atom. The van der Waals surface area contributed by atoms with Crippen molar-refractivity contribution < 1.29 is 14.5 Å². The molecule has 0 spiro atoms. The average molecular weight is 335 g/mol. The first-order chi connectivity index (χ1) is 11.3. The van der Waals surface area contributed by atoms with Gasteiger partial charge in [-0.25, -0.2) is 4.79 Å². The second kappa shape index (κ2) is 7.51. The van der Waals surface area contributed by atoms with E-state index < -0.39 is 4.92 Å². The lowest BCUT2D eigenvalue weighted by atomic mass is 9.99. The smallest absolute Gasteiger partial charge is 0.410 e. The molecule has 1 fully saturated rings. The lowest BCUT2D eigenvalue weighted by Gasteiger charge is -2.47. The second-order valence-corrected chi connectivity index (χ2v) is 6.63. The van der Waals surface area contributed by atoms with Gasteiger partial charge in [-0.2, -0.15) is 0 Å². The number of ether oxygens (including phenoxy) is 1. The topological polar surface area (TPSA) is 75.9 Å². The average Bonchev–Trinajstić information content (AvgIpc) is 2.54. The van der Waals surface area contributed by atoms with Crippen LogP contribution < -0.4 is 4.90 Å². The Morgan fingerprint density at radius 3 is 2.50 bits per heavy atom. The standard InChI is InChI=1S/C17H25N3O4/c1-4-5-12-24-16(21)19-11-10-18(13-17(19,2)3)14-6-8-15(9-7-14)20(22)23/h6-9H,4-5,10-13H2,1-3H3. The number of benzene rings is 1. The second-order valence-electron chi connectivity index (χ2n) is 6.63. The summed E-state index contributed by atoms with van der Waals surface area (Å²) in [5, 5.41) is 10.8. The molecule has 1 aromatic rings. The highest BCUT2D eigenvalue weighted by molar-refractivity contribution is 5.69. The van der Waals surface area contributed by atoms with E-state index in [4.69, 9.17) is 4.74 Å². The van der Waals surface area contributed by atoms with Gasteiger partial charge in [-0.05, 0) is 32.4 Å². The lowest BCUT2D eigenvalue weighted by Crippen LogP contribution is -2.61. The van der Waals surface area contributed by atoms with Crippen molar-refractivity contribution in [2.24, 2.45) is 0 Å². The van der Waals surface area contributed by atoms with Gasteiger partial charge >= 0.3 is 6.09 Å². The Balaban J connectivity index is 2.01. The molecule has 0 bridgehead atoms. The number of amides is 1. The van der Waals surface area contributed by atoms with E-state index in [1.807, 2.05) is 13.8 Å². The van der Waals surface area contributed by atoms with Gasteiger partial charge in [-0.3, -0.25) is 15.0 Å². The highest BCUT2D eigenvalue weighted by Crippen LogP contribution is 2.27. The normalized spacial score (nSPS) is 16.8. The molecule has 0 saturated carbocycles. The van der Waals surface area contributed by atoms with Gasteiger partial charge in [0.1, 0.15) is 0 Å². The van der Waals surface area contributed by atoms with Gasteiger partial charge in [0.15, 0.2) is 0 Å². The summed E-state index contributed by atoms with van der Waals surface area (Å²) in [4.78, 5) is 26.5. The van der Waals surface area contributed by atoms with Gasteiger partial charge in [-0.1, -0.05) is 13.3 Å². The Morgan fingerprint density at radius 2 is 1.96 bits per heavy atom. The van der Waals surface area contributed by atoms with Crippen LogP contribution in [0.1, 0.15) is 33.6 Å². The Bertz CT molecular complexity index is 586. The first-order valence-corrected chi connectivity index (χ1v) is 8.29. The van der Waals surface area contributed by atoms with E-state index >= 15 is 0 Å². The van der Waals surface area contributed by atoms with Gasteiger partial charge in [0.25, 0.3) is 5.69 Å². The van der Waals surface area contributed by atoms with Crippen molar-refractivity contribution in [2.75, 3.05) is 31.1 Å². The van der Waals surface area contributed by atoms with Crippen LogP contribution in [-0.2, 0) is 4.74 Å². The molecule has 0 unspecified atom stereocenters. The molecule has 1 saturated heterocycles. The molecule has 1 amide bonds. The summed E-state index contributed by atoms with van der Waals surface area (Å²) < 4.78 is 5.33. The third kappa shape index (κ3) is 4.15. The number of unbranched alkanes of at least 4 members (excludes halogenated alkanes) is 1. The molecule has 24 heavy (non-hydrogen) atoms. The molecular formula is C17H25N3O4. The molecule has 132 valence electrons. The third-order valence-electron chi connectivity index (χ3n) is 4.27. The minimum atomic E-state index is -0.405. The van der Waals surface area contributed by atoms with Crippen molar-refractivity contribution in [1.29, 1.82) is 0 Å². The van der Waals surface area contributed by atoms with Crippen molar-refractivity contribution in [2.45, 2.75) is 39.2 Å². The summed E-state index contributed by atoms with van der Waals surface area (Å²) in [5.41, 5.74) is 0.632. The van der Waals surface area contributed by atoms with E-state index in [1.54, 1.807) is 17.0 Å². The number of carbonyl (C=O) groups is 1. The zero-order valence-corrected chi connectivity index (χ0v) is 14.5. The maximum atomic E-state index is 12.3. The molecule has 7 heteroatoms. The molecule has 1 aromatic carbocycles. The van der Waals surface area contributed by atoms with Crippen LogP contribution in [0.25, 0.3) is 0 Å². The van der Waals surface area contributed by atoms with Crippen LogP contribution in [-0.4, -0.2) is 47.7 Å². The van der Waals surface area contributed by atoms with Crippen molar-refractivity contribution >= 4 is 17.5 Å². The summed E-state index contributed by atoms with van der Waals surface area (Å²) in [5.74, 6) is 0. The minimum absolute atomic E-state index is 0.0798. The number of hydrogen-bond donors (Lipinski definition) is 0. The molecule has 1 aliphatic rings. The number of nitrogens with zero attached hydrogens (tertiary/aromatic N) is 3. The number of piperazine rings is 1. The first-order valence-electron chi connectivity index (χ1n) is 8.29. The van der Waals surface area contributed by atoms with Crippen LogP contribution in [0.3, 0.4) is 0 Å². The van der Waals surface area contributed by atoms with Crippen LogP contribution >= 0.6 is 0 Å². The zero-order valence-electron chi connectivity index (χ0n) is 14.5. The van der Waals surface area contributed by atoms with Crippen molar-refractivity contribution in [3.8, 4) is 0 Å². The molecule has 1 heterocycles. The fourth-order valence-electron chi connectivity index (χ4n) is 2.88. The highest BCUT2D eigenvalue weighted by atomic mass is 16.6. The van der Waals surface area contributed by atoms with E-state index in [0.717, 1.165) is 18.5 Å². The lowest BCUT2D eigenvalue weighted by molar-refractivity contribution is -0.384. The number of anilines is 1. The molecule has 7 nitrogen and oxygen atoms in total. The van der Waals surface area contributed by atoms with Crippen LogP contribution in [0.2, 0.25) is 0 Å². The van der Waals surface area contributed by atoms with Gasteiger partial charge < -0.3 is 9.64 Å². The van der Waals surface area contributed by atoms with Crippen LogP contribution in [0.5, 0.6) is 0 Å². The van der Waals surface area contributed by atoms with E-state index in [2.05, 4.69) is 11.8 Å². The summed E-state index contributed by atoms with van der Waals surface area (Å²) in [6.45, 7) is 8.40. The highest BCUT2D eigenvalue weighted by Gasteiger charge is 2.37. The molecule has 2 rings (SSSR count). The number of hydrogen-bond acceptors (Lipinski definition) is 5. The van der Waals surface area contributed by atoms with Gasteiger partial charge in [0.2, 0.25) is 0 Å². The van der Waals surface area contributed by atoms with E-state index in [-0.39, 0.29) is 17.3 Å². The fraction of sp³-hybridized carbons (Fsp3) is 0.588. The Hall–Kier alpha value is -2.31. The van der Waals surface area contributed by atoms with Crippen LogP contribution in [0, 0.1) is 10.1 Å². The van der Waals surface area contributed by atoms with E-state index in [1.165, 1.54) is 12.1 Å². The van der Waals surface area contributed by atoms with Gasteiger partial charge in [-0.15, -0.1) is 0 Å². The summed E-state index contributed by atoms with van der Waals surface area (Å²) >= 11 is 0. The molecule has 0 radical (unpaired) electrons. The maximum absolute atomic E-state index is 12.3. The van der Waals surface area contributed by atoms with Crippen molar-refractivity contribution in [3.05, 3.63) is 34.4 Å². The molecule has 0 aliphatic carbocycles. The predicted molar refractivity (Wildman–Crippen MR) is 92.4 cm³/mol. The summed E-state index contributed by atoms with van der Waals surface area (Å²) in [6.07, 6.45) is 1.59. The predicted octanol–water partition coefficient (Wildman–Crippen LogP) is 3.43. The first kappa shape index (κ1) is 18.0. The molecule has 0 atom stereocenters. The molecular weight excluding hydrogens is 310 g/mol. The third-order valence-corrected chi connectivity index (χ3v) is 4.27. The Labute approximate surface area is 142 Å². The maximum Gasteiger partial charge on any atom is 0.410 e. The van der Waals surface area contributed by atoms with Crippen LogP contribution in [0.4, 0.5) is 16.2 Å². The van der Waals surface area contributed by atoms with E-state index in [9.17, 15) is 14.9 Å². The number of carbonyl (C=O) groups excluding carboxylic acids is 1. The number of nitro benzene ring substituents is 1. The molecule has 1 aliphatic heterocycles. The quantitative estimate of drug-likeness (QED) is 0.468. The fourth-order valence-corrected chi connectivity index (χ4v) is 2.88. The summed E-state index contributed by atoms with van der Waals surface area (Å²) in [6, 6.07) is 6.52. The zero-order chi connectivity index (χ0) is 17.7. The minimum Gasteiger partial charge on any atom is -0.449 e. The number of non-ortho nitro benzene ring substituents is 1. The SMILES string of the molecule is CCCCOC(=O)N1CCN(c2ccc([N+](=O)[O-])cc2)CC1(C)C. The van der Waals surface area contributed by atoms with Gasteiger partial charge in [0.05, 0.1) is 17.1 Å². The molecule has 0 aromatic heterocycles. The van der Waals surface area contributed by atoms with E-state index in [0.29, 0.717) is 26.2 Å². The van der Waals surface area contributed by atoms with Crippen molar-refractivity contribution in [1.82, 2.24) is 4.90 Å². The molecule has 0 N–H and O–H groups in total. The Kier molecular flexibility index (Phi) is 5.64. The van der Waals surface area contributed by atoms with Crippen LogP contribution in [0.15, 0.2) is 24.3 Å². The monoisotopic (exact) mass is 335 g/mol. The number of rotatable bonds is 5. The summed E-state index contributed by atoms with van der Waals surface area (Å²) in [7, 11) is 0. The van der Waals surface area contributed by atoms with Gasteiger partial charge in [0, 0.05) is 37.5 Å².